The third kappa shape index (κ3) is 4.57. The molecule has 2 nitrogen and oxygen atoms in total. The molecule has 1 saturated heterocycles. The Morgan fingerprint density at radius 1 is 1.35 bits per heavy atom. The predicted octanol–water partition coefficient (Wildman–Crippen LogP) is 3.08. The summed E-state index contributed by atoms with van der Waals surface area (Å²) in [6.45, 7) is 9.16. The smallest absolute Gasteiger partial charge is 0.123 e. The second-order valence-electron chi connectivity index (χ2n) is 5.91. The average molecular weight is 278 g/mol. The van der Waals surface area contributed by atoms with Gasteiger partial charge in [0.15, 0.2) is 0 Å². The van der Waals surface area contributed by atoms with Gasteiger partial charge in [-0.25, -0.2) is 4.39 Å². The number of nitrogens with one attached hydrogen (secondary N) is 1. The summed E-state index contributed by atoms with van der Waals surface area (Å²) in [4.78, 5) is 2.55. The Balaban J connectivity index is 1.71. The van der Waals surface area contributed by atoms with Gasteiger partial charge >= 0.3 is 0 Å². The molecular weight excluding hydrogens is 251 g/mol. The molecule has 1 fully saturated rings. The number of rotatable bonds is 6. The molecule has 112 valence electrons. The molecule has 1 aromatic carbocycles. The van der Waals surface area contributed by atoms with Crippen LogP contribution >= 0.6 is 0 Å². The highest BCUT2D eigenvalue weighted by Gasteiger charge is 2.23. The Morgan fingerprint density at radius 2 is 2.10 bits per heavy atom. The first-order valence-corrected chi connectivity index (χ1v) is 7.89. The Kier molecular flexibility index (Phi) is 5.99. The van der Waals surface area contributed by atoms with E-state index in [1.54, 1.807) is 12.1 Å². The highest BCUT2D eigenvalue weighted by Crippen LogP contribution is 2.19. The summed E-state index contributed by atoms with van der Waals surface area (Å²) in [6.07, 6.45) is 3.62. The van der Waals surface area contributed by atoms with Crippen molar-refractivity contribution in [3.05, 3.63) is 35.6 Å². The zero-order chi connectivity index (χ0) is 14.4. The first-order valence-electron chi connectivity index (χ1n) is 7.89. The molecule has 2 atom stereocenters. The fraction of sp³-hybridized carbons (Fsp3) is 0.647. The Bertz CT molecular complexity index is 390. The van der Waals surface area contributed by atoms with Crippen LogP contribution in [0.15, 0.2) is 24.3 Å². The molecule has 0 saturated carbocycles. The van der Waals surface area contributed by atoms with Crippen LogP contribution in [0.2, 0.25) is 0 Å². The van der Waals surface area contributed by atoms with E-state index in [-0.39, 0.29) is 5.82 Å². The van der Waals surface area contributed by atoms with E-state index in [1.165, 1.54) is 38.0 Å². The van der Waals surface area contributed by atoms with Crippen LogP contribution in [-0.4, -0.2) is 37.1 Å². The van der Waals surface area contributed by atoms with E-state index in [2.05, 4.69) is 24.1 Å². The van der Waals surface area contributed by atoms with E-state index in [4.69, 9.17) is 0 Å². The zero-order valence-corrected chi connectivity index (χ0v) is 12.7. The molecule has 1 aliphatic heterocycles. The lowest BCUT2D eigenvalue weighted by atomic mass is 9.91. The van der Waals surface area contributed by atoms with Gasteiger partial charge in [-0.2, -0.15) is 0 Å². The number of nitrogens with zero attached hydrogens (tertiary/aromatic N) is 1. The summed E-state index contributed by atoms with van der Waals surface area (Å²) >= 11 is 0. The lowest BCUT2D eigenvalue weighted by molar-refractivity contribution is 0.157. The fourth-order valence-corrected chi connectivity index (χ4v) is 3.05. The van der Waals surface area contributed by atoms with Crippen LogP contribution in [-0.2, 0) is 6.42 Å². The lowest BCUT2D eigenvalue weighted by Crippen LogP contribution is -2.44. The van der Waals surface area contributed by atoms with Crippen LogP contribution in [0.5, 0.6) is 0 Å². The minimum atomic E-state index is -0.156. The average Bonchev–Trinajstić information content (AvgIpc) is 2.49. The van der Waals surface area contributed by atoms with Gasteiger partial charge in [0.05, 0.1) is 0 Å². The van der Waals surface area contributed by atoms with Gasteiger partial charge in [0, 0.05) is 12.6 Å². The van der Waals surface area contributed by atoms with Crippen LogP contribution in [0.3, 0.4) is 0 Å². The molecule has 3 heteroatoms. The van der Waals surface area contributed by atoms with Gasteiger partial charge < -0.3 is 10.2 Å². The van der Waals surface area contributed by atoms with Gasteiger partial charge in [0.1, 0.15) is 5.82 Å². The van der Waals surface area contributed by atoms with Gasteiger partial charge in [-0.15, -0.1) is 0 Å². The molecule has 0 radical (unpaired) electrons. The van der Waals surface area contributed by atoms with E-state index in [0.29, 0.717) is 6.04 Å². The van der Waals surface area contributed by atoms with Gasteiger partial charge in [-0.3, -0.25) is 0 Å². The SMILES string of the molecule is CCN1CCCC(C(C)NCCc2ccc(F)cc2)C1. The first-order chi connectivity index (χ1) is 9.69. The van der Waals surface area contributed by atoms with Crippen molar-refractivity contribution in [1.82, 2.24) is 10.2 Å². The molecule has 1 heterocycles. The third-order valence-corrected chi connectivity index (χ3v) is 4.49. The van der Waals surface area contributed by atoms with Crippen molar-refractivity contribution < 1.29 is 4.39 Å². The van der Waals surface area contributed by atoms with E-state index in [9.17, 15) is 4.39 Å². The highest BCUT2D eigenvalue weighted by atomic mass is 19.1. The molecule has 1 N–H and O–H groups in total. The molecule has 0 spiro atoms. The second-order valence-corrected chi connectivity index (χ2v) is 5.91. The summed E-state index contributed by atoms with van der Waals surface area (Å²) in [7, 11) is 0. The molecule has 1 aromatic rings. The molecule has 0 amide bonds. The second kappa shape index (κ2) is 7.75. The summed E-state index contributed by atoms with van der Waals surface area (Å²) in [5, 5.41) is 3.64. The van der Waals surface area contributed by atoms with Crippen LogP contribution < -0.4 is 5.32 Å². The minimum absolute atomic E-state index is 0.156. The van der Waals surface area contributed by atoms with Crippen LogP contribution in [0.25, 0.3) is 0 Å². The third-order valence-electron chi connectivity index (χ3n) is 4.49. The monoisotopic (exact) mass is 278 g/mol. The molecular formula is C17H27FN2. The Labute approximate surface area is 122 Å². The molecule has 0 bridgehead atoms. The number of halogens is 1. The summed E-state index contributed by atoms with van der Waals surface area (Å²) in [5.41, 5.74) is 1.20. The standard InChI is InChI=1S/C17H27FN2/c1-3-20-12-4-5-16(13-20)14(2)19-11-10-15-6-8-17(18)9-7-15/h6-9,14,16,19H,3-5,10-13H2,1-2H3. The minimum Gasteiger partial charge on any atom is -0.314 e. The lowest BCUT2D eigenvalue weighted by Gasteiger charge is -2.35. The van der Waals surface area contributed by atoms with E-state index < -0.39 is 0 Å². The van der Waals surface area contributed by atoms with Crippen LogP contribution in [0, 0.1) is 11.7 Å². The number of hydrogen-bond donors (Lipinski definition) is 1. The van der Waals surface area contributed by atoms with Crippen molar-refractivity contribution in [1.29, 1.82) is 0 Å². The van der Waals surface area contributed by atoms with Crippen molar-refractivity contribution >= 4 is 0 Å². The van der Waals surface area contributed by atoms with Gasteiger partial charge in [-0.1, -0.05) is 19.1 Å². The van der Waals surface area contributed by atoms with Crippen molar-refractivity contribution in [2.75, 3.05) is 26.2 Å². The van der Waals surface area contributed by atoms with Gasteiger partial charge in [-0.05, 0) is 69.4 Å². The molecule has 0 aromatic heterocycles. The normalized spacial score (nSPS) is 21.9. The van der Waals surface area contributed by atoms with E-state index >= 15 is 0 Å². The van der Waals surface area contributed by atoms with Crippen molar-refractivity contribution in [2.45, 2.75) is 39.2 Å². The number of benzene rings is 1. The highest BCUT2D eigenvalue weighted by molar-refractivity contribution is 5.16. The van der Waals surface area contributed by atoms with Gasteiger partial charge in [0.25, 0.3) is 0 Å². The number of hydrogen-bond acceptors (Lipinski definition) is 2. The number of likely N-dealkylation sites (tertiary alicyclic amines) is 1. The van der Waals surface area contributed by atoms with Crippen LogP contribution in [0.1, 0.15) is 32.3 Å². The summed E-state index contributed by atoms with van der Waals surface area (Å²) < 4.78 is 12.8. The molecule has 20 heavy (non-hydrogen) atoms. The van der Waals surface area contributed by atoms with E-state index in [1.807, 2.05) is 12.1 Å². The van der Waals surface area contributed by atoms with Crippen molar-refractivity contribution in [3.63, 3.8) is 0 Å². The zero-order valence-electron chi connectivity index (χ0n) is 12.7. The summed E-state index contributed by atoms with van der Waals surface area (Å²) in [5.74, 6) is 0.605. The molecule has 2 unspecified atom stereocenters. The maximum Gasteiger partial charge on any atom is 0.123 e. The quantitative estimate of drug-likeness (QED) is 0.860. The van der Waals surface area contributed by atoms with Gasteiger partial charge in [0.2, 0.25) is 0 Å². The maximum atomic E-state index is 12.8. The first kappa shape index (κ1) is 15.5. The Hall–Kier alpha value is -0.930. The Morgan fingerprint density at radius 3 is 2.80 bits per heavy atom. The number of piperidine rings is 1. The van der Waals surface area contributed by atoms with Crippen molar-refractivity contribution in [3.8, 4) is 0 Å². The van der Waals surface area contributed by atoms with E-state index in [0.717, 1.165) is 18.9 Å². The molecule has 0 aliphatic carbocycles. The molecule has 1 aliphatic rings. The predicted molar refractivity (Wildman–Crippen MR) is 82.4 cm³/mol. The molecule has 2 rings (SSSR count). The summed E-state index contributed by atoms with van der Waals surface area (Å²) in [6, 6.07) is 7.39. The van der Waals surface area contributed by atoms with Crippen LogP contribution in [0.4, 0.5) is 4.39 Å². The van der Waals surface area contributed by atoms with Crippen molar-refractivity contribution in [2.24, 2.45) is 5.92 Å². The maximum absolute atomic E-state index is 12.8. The fourth-order valence-electron chi connectivity index (χ4n) is 3.05. The topological polar surface area (TPSA) is 15.3 Å². The largest absolute Gasteiger partial charge is 0.314 e.